The van der Waals surface area contributed by atoms with Crippen LogP contribution in [0, 0.1) is 5.92 Å². The van der Waals surface area contributed by atoms with Gasteiger partial charge in [0.25, 0.3) is 5.91 Å². The predicted octanol–water partition coefficient (Wildman–Crippen LogP) is 5.63. The summed E-state index contributed by atoms with van der Waals surface area (Å²) in [5.74, 6) is 1.33. The summed E-state index contributed by atoms with van der Waals surface area (Å²) in [6, 6.07) is 14.1. The molecule has 11 heteroatoms. The van der Waals surface area contributed by atoms with Crippen molar-refractivity contribution >= 4 is 39.5 Å². The van der Waals surface area contributed by atoms with Gasteiger partial charge < -0.3 is 34.2 Å². The third kappa shape index (κ3) is 8.23. The van der Waals surface area contributed by atoms with Gasteiger partial charge in [-0.3, -0.25) is 9.59 Å². The number of hydrogen-bond acceptors (Lipinski definition) is 6. The van der Waals surface area contributed by atoms with Gasteiger partial charge in [-0.1, -0.05) is 35.0 Å². The summed E-state index contributed by atoms with van der Waals surface area (Å²) in [4.78, 5) is 45.9. The third-order valence-corrected chi connectivity index (χ3v) is 9.27. The van der Waals surface area contributed by atoms with Crippen LogP contribution in [0.5, 0.6) is 11.5 Å². The van der Waals surface area contributed by atoms with Crippen molar-refractivity contribution in [1.82, 2.24) is 14.7 Å². The maximum Gasteiger partial charge on any atom is 0.407 e. The number of nitrogens with zero attached hydrogens (tertiary/aromatic N) is 4. The Labute approximate surface area is 274 Å². The highest BCUT2D eigenvalue weighted by molar-refractivity contribution is 9.10. The fourth-order valence-electron chi connectivity index (χ4n) is 6.17. The highest BCUT2D eigenvalue weighted by Crippen LogP contribution is 2.35. The lowest BCUT2D eigenvalue weighted by Crippen LogP contribution is -2.56. The van der Waals surface area contributed by atoms with Crippen LogP contribution in [-0.2, 0) is 16.1 Å². The summed E-state index contributed by atoms with van der Waals surface area (Å²) < 4.78 is 13.3. The SMILES string of the molecule is CCCOc1cc(Br)ccc1CN(C(=O)C1CCCN(c2cccc(OC(C)(C)C(=O)N3CCN(C(=O)O)CC3)c2)C1)C1CC1. The van der Waals surface area contributed by atoms with E-state index in [-0.39, 0.29) is 36.9 Å². The highest BCUT2D eigenvalue weighted by Gasteiger charge is 2.39. The number of carboxylic acid groups (broad SMARTS) is 1. The summed E-state index contributed by atoms with van der Waals surface area (Å²) >= 11 is 3.56. The second-order valence-electron chi connectivity index (χ2n) is 12.8. The summed E-state index contributed by atoms with van der Waals surface area (Å²) in [7, 11) is 0. The van der Waals surface area contributed by atoms with E-state index in [0.29, 0.717) is 38.5 Å². The van der Waals surface area contributed by atoms with Gasteiger partial charge in [-0.2, -0.15) is 0 Å². The van der Waals surface area contributed by atoms with Crippen LogP contribution in [0.3, 0.4) is 0 Å². The van der Waals surface area contributed by atoms with Crippen molar-refractivity contribution in [3.05, 3.63) is 52.5 Å². The number of halogens is 1. The molecule has 0 spiro atoms. The maximum absolute atomic E-state index is 14.0. The van der Waals surface area contributed by atoms with Crippen molar-refractivity contribution in [2.45, 2.75) is 71.1 Å². The number of carbonyl (C=O) groups excluding carboxylic acids is 2. The molecule has 3 aliphatic rings. The van der Waals surface area contributed by atoms with E-state index in [2.05, 4.69) is 38.7 Å². The number of hydrogen-bond donors (Lipinski definition) is 1. The fraction of sp³-hybridized carbons (Fsp3) is 0.559. The van der Waals surface area contributed by atoms with Crippen LogP contribution in [0.1, 0.15) is 58.4 Å². The molecule has 1 aliphatic carbocycles. The zero-order valence-corrected chi connectivity index (χ0v) is 28.1. The Hall–Kier alpha value is -3.47. The molecule has 0 radical (unpaired) electrons. The van der Waals surface area contributed by atoms with Crippen LogP contribution >= 0.6 is 15.9 Å². The molecule has 1 N–H and O–H groups in total. The lowest BCUT2D eigenvalue weighted by atomic mass is 9.95. The molecule has 2 aliphatic heterocycles. The first-order valence-electron chi connectivity index (χ1n) is 16.1. The average Bonchev–Trinajstić information content (AvgIpc) is 3.88. The Morgan fingerprint density at radius 3 is 2.42 bits per heavy atom. The van der Waals surface area contributed by atoms with Crippen molar-refractivity contribution in [1.29, 1.82) is 0 Å². The minimum Gasteiger partial charge on any atom is -0.493 e. The molecule has 2 saturated heterocycles. The van der Waals surface area contributed by atoms with Crippen LogP contribution in [0.25, 0.3) is 0 Å². The zero-order chi connectivity index (χ0) is 32.1. The summed E-state index contributed by atoms with van der Waals surface area (Å²) in [6.45, 7) is 9.49. The minimum absolute atomic E-state index is 0.109. The number of ether oxygens (including phenoxy) is 2. The van der Waals surface area contributed by atoms with E-state index in [0.717, 1.165) is 60.1 Å². The van der Waals surface area contributed by atoms with Gasteiger partial charge in [-0.25, -0.2) is 4.79 Å². The van der Waals surface area contributed by atoms with Gasteiger partial charge in [0, 0.05) is 73.6 Å². The fourth-order valence-corrected chi connectivity index (χ4v) is 6.51. The molecule has 5 rings (SSSR count). The van der Waals surface area contributed by atoms with Crippen LogP contribution in [0.15, 0.2) is 46.9 Å². The van der Waals surface area contributed by atoms with Crippen LogP contribution < -0.4 is 14.4 Å². The van der Waals surface area contributed by atoms with Crippen LogP contribution in [-0.4, -0.2) is 95.2 Å². The molecule has 0 aromatic heterocycles. The number of amides is 3. The molecule has 2 heterocycles. The van der Waals surface area contributed by atoms with E-state index in [9.17, 15) is 19.5 Å². The lowest BCUT2D eigenvalue weighted by molar-refractivity contribution is -0.147. The molecule has 10 nitrogen and oxygen atoms in total. The Kier molecular flexibility index (Phi) is 10.5. The Balaban J connectivity index is 1.23. The standard InChI is InChI=1S/C34H45BrN4O6/c1-4-19-44-30-20-26(35)11-10-24(30)23-39(27-12-13-27)31(40)25-7-6-14-38(22-25)28-8-5-9-29(21-28)45-34(2,3)32(41)36-15-17-37(18-16-36)33(42)43/h5,8-11,20-21,25,27H,4,6-7,12-19,22-23H2,1-3H3,(H,42,43). The van der Waals surface area contributed by atoms with E-state index in [4.69, 9.17) is 9.47 Å². The predicted molar refractivity (Wildman–Crippen MR) is 176 cm³/mol. The van der Waals surface area contributed by atoms with Crippen molar-refractivity contribution in [2.24, 2.45) is 5.92 Å². The molecule has 2 aromatic rings. The number of anilines is 1. The van der Waals surface area contributed by atoms with Crippen LogP contribution in [0.2, 0.25) is 0 Å². The summed E-state index contributed by atoms with van der Waals surface area (Å²) in [5, 5.41) is 9.22. The van der Waals surface area contributed by atoms with Crippen molar-refractivity contribution < 1.29 is 29.0 Å². The molecule has 3 fully saturated rings. The second-order valence-corrected chi connectivity index (χ2v) is 13.7. The maximum atomic E-state index is 14.0. The van der Waals surface area contributed by atoms with E-state index < -0.39 is 11.7 Å². The summed E-state index contributed by atoms with van der Waals surface area (Å²) in [5.41, 5.74) is 0.872. The number of piperazine rings is 1. The van der Waals surface area contributed by atoms with Gasteiger partial charge in [-0.05, 0) is 70.2 Å². The van der Waals surface area contributed by atoms with Gasteiger partial charge >= 0.3 is 6.09 Å². The molecule has 1 atom stereocenters. The normalized spacial score (nSPS) is 18.8. The molecule has 2 aromatic carbocycles. The van der Waals surface area contributed by atoms with Gasteiger partial charge in [0.15, 0.2) is 5.60 Å². The third-order valence-electron chi connectivity index (χ3n) is 8.78. The molecule has 45 heavy (non-hydrogen) atoms. The first-order chi connectivity index (χ1) is 21.6. The zero-order valence-electron chi connectivity index (χ0n) is 26.5. The molecule has 1 unspecified atom stereocenters. The van der Waals surface area contributed by atoms with Gasteiger partial charge in [0.2, 0.25) is 5.91 Å². The highest BCUT2D eigenvalue weighted by atomic mass is 79.9. The van der Waals surface area contributed by atoms with E-state index >= 15 is 0 Å². The quantitative estimate of drug-likeness (QED) is 0.328. The topological polar surface area (TPSA) is 103 Å². The van der Waals surface area contributed by atoms with E-state index in [1.54, 1.807) is 18.7 Å². The molecule has 244 valence electrons. The van der Waals surface area contributed by atoms with Gasteiger partial charge in [0.05, 0.1) is 12.5 Å². The summed E-state index contributed by atoms with van der Waals surface area (Å²) in [6.07, 6.45) is 3.79. The van der Waals surface area contributed by atoms with Crippen molar-refractivity contribution in [2.75, 3.05) is 50.8 Å². The molecular weight excluding hydrogens is 640 g/mol. The van der Waals surface area contributed by atoms with Crippen LogP contribution in [0.4, 0.5) is 10.5 Å². The van der Waals surface area contributed by atoms with Crippen molar-refractivity contribution in [3.63, 3.8) is 0 Å². The monoisotopic (exact) mass is 684 g/mol. The lowest BCUT2D eigenvalue weighted by Gasteiger charge is -2.38. The van der Waals surface area contributed by atoms with Gasteiger partial charge in [0.1, 0.15) is 11.5 Å². The Bertz CT molecular complexity index is 1370. The number of rotatable bonds is 11. The number of piperidine rings is 1. The molecule has 1 saturated carbocycles. The van der Waals surface area contributed by atoms with E-state index in [1.807, 2.05) is 36.4 Å². The molecule has 3 amide bonds. The largest absolute Gasteiger partial charge is 0.493 e. The first-order valence-corrected chi connectivity index (χ1v) is 16.9. The molecule has 0 bridgehead atoms. The average molecular weight is 686 g/mol. The Morgan fingerprint density at radius 2 is 1.73 bits per heavy atom. The number of carbonyl (C=O) groups is 3. The van der Waals surface area contributed by atoms with Gasteiger partial charge in [-0.15, -0.1) is 0 Å². The Morgan fingerprint density at radius 1 is 1.00 bits per heavy atom. The number of benzene rings is 2. The first kappa shape index (κ1) is 32.9. The minimum atomic E-state index is -1.12. The second kappa shape index (κ2) is 14.3. The molecular formula is C34H45BrN4O6. The van der Waals surface area contributed by atoms with Crippen molar-refractivity contribution in [3.8, 4) is 11.5 Å². The smallest absolute Gasteiger partial charge is 0.407 e. The van der Waals surface area contributed by atoms with E-state index in [1.165, 1.54) is 4.90 Å².